The van der Waals surface area contributed by atoms with Crippen LogP contribution >= 0.6 is 0 Å². The highest BCUT2D eigenvalue weighted by Gasteiger charge is 2.28. The average molecular weight is 382 g/mol. The largest absolute Gasteiger partial charge is 0.454 e. The minimum atomic E-state index is -0.654. The first-order chi connectivity index (χ1) is 13.7. The first kappa shape index (κ1) is 18.3. The summed E-state index contributed by atoms with van der Waals surface area (Å²) in [5.74, 6) is 0.732. The van der Waals surface area contributed by atoms with E-state index in [0.717, 1.165) is 5.56 Å². The Bertz CT molecular complexity index is 849. The van der Waals surface area contributed by atoms with E-state index in [4.69, 9.17) is 14.2 Å². The van der Waals surface area contributed by atoms with Gasteiger partial charge < -0.3 is 24.4 Å². The minimum Gasteiger partial charge on any atom is -0.454 e. The lowest BCUT2D eigenvalue weighted by Crippen LogP contribution is -2.52. The van der Waals surface area contributed by atoms with Gasteiger partial charge in [-0.2, -0.15) is 0 Å². The van der Waals surface area contributed by atoms with Crippen LogP contribution in [-0.4, -0.2) is 55.9 Å². The molecule has 28 heavy (non-hydrogen) atoms. The van der Waals surface area contributed by atoms with Crippen molar-refractivity contribution in [1.82, 2.24) is 10.2 Å². The monoisotopic (exact) mass is 382 g/mol. The molecule has 2 amide bonds. The SMILES string of the molecule is O=C(N[C@H](Cc1ccccc1)C(=O)N1CCOCC1)c1ccc2c(c1)OCO2. The Morgan fingerprint density at radius 1 is 1.00 bits per heavy atom. The number of benzene rings is 2. The van der Waals surface area contributed by atoms with Gasteiger partial charge in [0, 0.05) is 25.1 Å². The van der Waals surface area contributed by atoms with Gasteiger partial charge in [0.25, 0.3) is 5.91 Å². The van der Waals surface area contributed by atoms with E-state index in [9.17, 15) is 9.59 Å². The highest BCUT2D eigenvalue weighted by Crippen LogP contribution is 2.32. The number of nitrogens with one attached hydrogen (secondary N) is 1. The first-order valence-corrected chi connectivity index (χ1v) is 9.32. The third-order valence-corrected chi connectivity index (χ3v) is 4.84. The molecule has 0 aliphatic carbocycles. The molecule has 7 heteroatoms. The Balaban J connectivity index is 1.52. The number of amides is 2. The van der Waals surface area contributed by atoms with E-state index in [2.05, 4.69) is 5.32 Å². The summed E-state index contributed by atoms with van der Waals surface area (Å²) in [6.45, 7) is 2.24. The van der Waals surface area contributed by atoms with Crippen LogP contribution in [0, 0.1) is 0 Å². The third-order valence-electron chi connectivity index (χ3n) is 4.84. The number of morpholine rings is 1. The molecule has 7 nitrogen and oxygen atoms in total. The zero-order valence-electron chi connectivity index (χ0n) is 15.4. The molecule has 1 atom stereocenters. The maximum absolute atomic E-state index is 13.1. The molecule has 2 aliphatic heterocycles. The average Bonchev–Trinajstić information content (AvgIpc) is 3.22. The summed E-state index contributed by atoms with van der Waals surface area (Å²) < 4.78 is 16.0. The number of nitrogens with zero attached hydrogens (tertiary/aromatic N) is 1. The Kier molecular flexibility index (Phi) is 5.43. The number of ether oxygens (including phenoxy) is 3. The second-order valence-electron chi connectivity index (χ2n) is 6.72. The van der Waals surface area contributed by atoms with Gasteiger partial charge in [0.05, 0.1) is 13.2 Å². The standard InChI is InChI=1S/C21H22N2O5/c24-20(16-6-7-18-19(13-16)28-14-27-18)22-17(12-15-4-2-1-3-5-15)21(25)23-8-10-26-11-9-23/h1-7,13,17H,8-12,14H2,(H,22,24)/t17-/m1/s1. The molecule has 2 aromatic carbocycles. The molecular weight excluding hydrogens is 360 g/mol. The summed E-state index contributed by atoms with van der Waals surface area (Å²) in [7, 11) is 0. The summed E-state index contributed by atoms with van der Waals surface area (Å²) in [5, 5.41) is 2.90. The van der Waals surface area contributed by atoms with Crippen LogP contribution in [0.2, 0.25) is 0 Å². The summed E-state index contributed by atoms with van der Waals surface area (Å²) in [4.78, 5) is 27.6. The van der Waals surface area contributed by atoms with Gasteiger partial charge in [0.2, 0.25) is 12.7 Å². The quantitative estimate of drug-likeness (QED) is 0.850. The van der Waals surface area contributed by atoms with Crippen LogP contribution in [0.5, 0.6) is 11.5 Å². The van der Waals surface area contributed by atoms with E-state index < -0.39 is 6.04 Å². The molecule has 0 aromatic heterocycles. The molecule has 2 aromatic rings. The van der Waals surface area contributed by atoms with Crippen LogP contribution in [0.4, 0.5) is 0 Å². The van der Waals surface area contributed by atoms with Crippen molar-refractivity contribution in [1.29, 1.82) is 0 Å². The van der Waals surface area contributed by atoms with Crippen molar-refractivity contribution >= 4 is 11.8 Å². The summed E-state index contributed by atoms with van der Waals surface area (Å²) in [6.07, 6.45) is 0.424. The summed E-state index contributed by atoms with van der Waals surface area (Å²) >= 11 is 0. The highest BCUT2D eigenvalue weighted by molar-refractivity contribution is 5.98. The molecule has 0 saturated carbocycles. The van der Waals surface area contributed by atoms with Gasteiger partial charge in [-0.25, -0.2) is 0 Å². The highest BCUT2D eigenvalue weighted by atomic mass is 16.7. The number of fused-ring (bicyclic) bond motifs is 1. The number of hydrogen-bond donors (Lipinski definition) is 1. The van der Waals surface area contributed by atoms with Gasteiger partial charge >= 0.3 is 0 Å². The molecule has 2 aliphatic rings. The van der Waals surface area contributed by atoms with Crippen LogP contribution in [0.3, 0.4) is 0 Å². The Morgan fingerprint density at radius 2 is 1.75 bits per heavy atom. The van der Waals surface area contributed by atoms with Crippen LogP contribution in [0.25, 0.3) is 0 Å². The fourth-order valence-corrected chi connectivity index (χ4v) is 3.33. The van der Waals surface area contributed by atoms with Crippen molar-refractivity contribution in [3.05, 3.63) is 59.7 Å². The maximum atomic E-state index is 13.1. The molecule has 4 rings (SSSR count). The lowest BCUT2D eigenvalue weighted by Gasteiger charge is -2.31. The fourth-order valence-electron chi connectivity index (χ4n) is 3.33. The van der Waals surface area contributed by atoms with Crippen LogP contribution < -0.4 is 14.8 Å². The zero-order valence-corrected chi connectivity index (χ0v) is 15.4. The molecule has 146 valence electrons. The molecule has 2 heterocycles. The van der Waals surface area contributed by atoms with Gasteiger partial charge in [-0.3, -0.25) is 9.59 Å². The Hall–Kier alpha value is -3.06. The predicted octanol–water partition coefficient (Wildman–Crippen LogP) is 1.62. The van der Waals surface area contributed by atoms with Crippen molar-refractivity contribution < 1.29 is 23.8 Å². The number of hydrogen-bond acceptors (Lipinski definition) is 5. The lowest BCUT2D eigenvalue weighted by atomic mass is 10.0. The van der Waals surface area contributed by atoms with E-state index in [0.29, 0.717) is 49.8 Å². The fraction of sp³-hybridized carbons (Fsp3) is 0.333. The molecule has 0 bridgehead atoms. The normalized spacial score (nSPS) is 16.5. The van der Waals surface area contributed by atoms with E-state index in [1.54, 1.807) is 23.1 Å². The van der Waals surface area contributed by atoms with Crippen LogP contribution in [0.1, 0.15) is 15.9 Å². The Morgan fingerprint density at radius 3 is 2.54 bits per heavy atom. The van der Waals surface area contributed by atoms with Crippen molar-refractivity contribution in [3.8, 4) is 11.5 Å². The van der Waals surface area contributed by atoms with E-state index >= 15 is 0 Å². The van der Waals surface area contributed by atoms with Gasteiger partial charge in [-0.1, -0.05) is 30.3 Å². The number of rotatable bonds is 5. The van der Waals surface area contributed by atoms with Gasteiger partial charge in [0.15, 0.2) is 11.5 Å². The topological polar surface area (TPSA) is 77.1 Å². The van der Waals surface area contributed by atoms with E-state index in [1.165, 1.54) is 0 Å². The minimum absolute atomic E-state index is 0.0961. The Labute approximate surface area is 163 Å². The molecule has 0 spiro atoms. The van der Waals surface area contributed by atoms with Crippen molar-refractivity contribution in [2.45, 2.75) is 12.5 Å². The first-order valence-electron chi connectivity index (χ1n) is 9.32. The number of carbonyl (C=O) groups is 2. The smallest absolute Gasteiger partial charge is 0.252 e. The third kappa shape index (κ3) is 4.09. The molecule has 1 N–H and O–H groups in total. The van der Waals surface area contributed by atoms with Crippen LogP contribution in [0.15, 0.2) is 48.5 Å². The van der Waals surface area contributed by atoms with E-state index in [1.807, 2.05) is 30.3 Å². The van der Waals surface area contributed by atoms with Gasteiger partial charge in [-0.15, -0.1) is 0 Å². The molecular formula is C21H22N2O5. The van der Waals surface area contributed by atoms with Crippen molar-refractivity contribution in [3.63, 3.8) is 0 Å². The van der Waals surface area contributed by atoms with Crippen LogP contribution in [-0.2, 0) is 16.0 Å². The molecule has 1 saturated heterocycles. The molecule has 0 radical (unpaired) electrons. The summed E-state index contributed by atoms with van der Waals surface area (Å²) in [5.41, 5.74) is 1.41. The summed E-state index contributed by atoms with van der Waals surface area (Å²) in [6, 6.07) is 14.0. The molecule has 1 fully saturated rings. The van der Waals surface area contributed by atoms with Gasteiger partial charge in [-0.05, 0) is 23.8 Å². The van der Waals surface area contributed by atoms with Crippen molar-refractivity contribution in [2.24, 2.45) is 0 Å². The lowest BCUT2D eigenvalue weighted by molar-refractivity contribution is -0.137. The second kappa shape index (κ2) is 8.31. The number of carbonyl (C=O) groups excluding carboxylic acids is 2. The predicted molar refractivity (Wildman–Crippen MR) is 101 cm³/mol. The second-order valence-corrected chi connectivity index (χ2v) is 6.72. The van der Waals surface area contributed by atoms with E-state index in [-0.39, 0.29) is 18.6 Å². The molecule has 0 unspecified atom stereocenters. The van der Waals surface area contributed by atoms with Gasteiger partial charge in [0.1, 0.15) is 6.04 Å². The van der Waals surface area contributed by atoms with Crippen molar-refractivity contribution in [2.75, 3.05) is 33.1 Å². The maximum Gasteiger partial charge on any atom is 0.252 e. The zero-order chi connectivity index (χ0) is 19.3.